The lowest BCUT2D eigenvalue weighted by molar-refractivity contribution is -0.125. The molecular formula is C20H19ClN4O3. The molecule has 0 bridgehead atoms. The molecule has 3 aromatic rings. The van der Waals surface area contributed by atoms with Gasteiger partial charge in [0.05, 0.1) is 17.8 Å². The molecule has 1 aromatic heterocycles. The fourth-order valence-electron chi connectivity index (χ4n) is 3.44. The van der Waals surface area contributed by atoms with Gasteiger partial charge in [-0.1, -0.05) is 23.7 Å². The maximum atomic E-state index is 13.0. The first-order valence-corrected chi connectivity index (χ1v) is 9.33. The lowest BCUT2D eigenvalue weighted by Gasteiger charge is -2.24. The number of hydrogen-bond donors (Lipinski definition) is 3. The third-order valence-electron chi connectivity index (χ3n) is 4.91. The van der Waals surface area contributed by atoms with Crippen LogP contribution in [-0.4, -0.2) is 50.7 Å². The number of H-pyrrole nitrogens is 1. The number of aliphatic hydroxyl groups excluding tert-OH is 1. The quantitative estimate of drug-likeness (QED) is 0.626. The molecule has 2 amide bonds. The van der Waals surface area contributed by atoms with Gasteiger partial charge < -0.3 is 15.3 Å². The van der Waals surface area contributed by atoms with Gasteiger partial charge in [-0.3, -0.25) is 14.7 Å². The summed E-state index contributed by atoms with van der Waals surface area (Å²) in [5.74, 6) is -0.574. The zero-order chi connectivity index (χ0) is 19.7. The molecule has 28 heavy (non-hydrogen) atoms. The number of likely N-dealkylation sites (tertiary alicyclic amines) is 1. The van der Waals surface area contributed by atoms with E-state index in [0.717, 1.165) is 16.5 Å². The van der Waals surface area contributed by atoms with Crippen molar-refractivity contribution in [3.8, 4) is 0 Å². The number of nitrogens with zero attached hydrogens (tertiary/aromatic N) is 2. The summed E-state index contributed by atoms with van der Waals surface area (Å²) in [5.41, 5.74) is 2.19. The highest BCUT2D eigenvalue weighted by atomic mass is 35.5. The molecule has 8 heteroatoms. The van der Waals surface area contributed by atoms with E-state index in [9.17, 15) is 14.7 Å². The van der Waals surface area contributed by atoms with Crippen molar-refractivity contribution in [2.45, 2.75) is 25.1 Å². The molecule has 0 spiro atoms. The van der Waals surface area contributed by atoms with E-state index in [1.165, 1.54) is 4.90 Å². The topological polar surface area (TPSA) is 98.3 Å². The maximum Gasteiger partial charge on any atom is 0.254 e. The minimum atomic E-state index is -0.729. The van der Waals surface area contributed by atoms with Gasteiger partial charge in [0.2, 0.25) is 5.91 Å². The number of carbonyl (C=O) groups excluding carboxylic acids is 2. The largest absolute Gasteiger partial charge is 0.391 e. The molecule has 144 valence electrons. The van der Waals surface area contributed by atoms with Crippen molar-refractivity contribution in [1.82, 2.24) is 20.4 Å². The Labute approximate surface area is 166 Å². The van der Waals surface area contributed by atoms with Crippen LogP contribution in [0.3, 0.4) is 0 Å². The number of aliphatic hydroxyl groups is 1. The Morgan fingerprint density at radius 2 is 2.04 bits per heavy atom. The predicted octanol–water partition coefficient (Wildman–Crippen LogP) is 2.11. The number of β-amino-alcohol motifs (C(OH)–C–C–N with tert-alkyl or cyclic N) is 1. The van der Waals surface area contributed by atoms with E-state index in [0.29, 0.717) is 17.1 Å². The molecule has 2 atom stereocenters. The maximum absolute atomic E-state index is 13.0. The van der Waals surface area contributed by atoms with Crippen LogP contribution in [0.25, 0.3) is 10.9 Å². The summed E-state index contributed by atoms with van der Waals surface area (Å²) in [7, 11) is 0. The Bertz CT molecular complexity index is 1020. The van der Waals surface area contributed by atoms with Gasteiger partial charge in [0.25, 0.3) is 5.91 Å². The summed E-state index contributed by atoms with van der Waals surface area (Å²) >= 11 is 5.87. The van der Waals surface area contributed by atoms with Crippen LogP contribution in [0.4, 0.5) is 0 Å². The zero-order valence-electron chi connectivity index (χ0n) is 14.9. The second-order valence-corrected chi connectivity index (χ2v) is 7.32. The molecule has 2 heterocycles. The van der Waals surface area contributed by atoms with E-state index in [1.807, 2.05) is 12.1 Å². The number of nitrogens with one attached hydrogen (secondary N) is 2. The van der Waals surface area contributed by atoms with Crippen LogP contribution in [0.1, 0.15) is 22.3 Å². The first kappa shape index (κ1) is 18.5. The third kappa shape index (κ3) is 3.72. The number of halogens is 1. The highest BCUT2D eigenvalue weighted by Gasteiger charge is 2.39. The number of rotatable bonds is 4. The van der Waals surface area contributed by atoms with Gasteiger partial charge >= 0.3 is 0 Å². The van der Waals surface area contributed by atoms with Gasteiger partial charge in [-0.25, -0.2) is 0 Å². The van der Waals surface area contributed by atoms with Crippen molar-refractivity contribution in [3.63, 3.8) is 0 Å². The Morgan fingerprint density at radius 3 is 2.82 bits per heavy atom. The third-order valence-corrected chi connectivity index (χ3v) is 5.16. The highest BCUT2D eigenvalue weighted by molar-refractivity contribution is 6.30. The molecule has 3 N–H and O–H groups in total. The second kappa shape index (κ2) is 7.61. The predicted molar refractivity (Wildman–Crippen MR) is 105 cm³/mol. The molecule has 2 aromatic carbocycles. The summed E-state index contributed by atoms with van der Waals surface area (Å²) in [6.45, 7) is 0.451. The Hall–Kier alpha value is -2.90. The molecule has 4 rings (SSSR count). The summed E-state index contributed by atoms with van der Waals surface area (Å²) in [4.78, 5) is 27.1. The van der Waals surface area contributed by atoms with Crippen LogP contribution in [0.5, 0.6) is 0 Å². The second-order valence-electron chi connectivity index (χ2n) is 6.88. The van der Waals surface area contributed by atoms with Crippen LogP contribution in [0, 0.1) is 0 Å². The number of aromatic amines is 1. The summed E-state index contributed by atoms with van der Waals surface area (Å²) < 4.78 is 0. The van der Waals surface area contributed by atoms with Gasteiger partial charge in [-0.05, 0) is 35.9 Å². The molecule has 1 saturated heterocycles. The van der Waals surface area contributed by atoms with E-state index in [4.69, 9.17) is 11.6 Å². The number of aromatic nitrogens is 2. The normalized spacial score (nSPS) is 19.1. The fourth-order valence-corrected chi connectivity index (χ4v) is 3.56. The molecular weight excluding hydrogens is 380 g/mol. The van der Waals surface area contributed by atoms with Gasteiger partial charge in [0.15, 0.2) is 0 Å². The van der Waals surface area contributed by atoms with Gasteiger partial charge in [0.1, 0.15) is 6.04 Å². The standard InChI is InChI=1S/C20H19ClN4O3/c21-15-4-1-12(2-5-15)9-22-19(27)18-8-16(26)11-25(18)20(28)13-3-6-17-14(7-13)10-23-24-17/h1-7,10,16,18,26H,8-9,11H2,(H,22,27)(H,23,24). The van der Waals surface area contributed by atoms with Crippen molar-refractivity contribution < 1.29 is 14.7 Å². The number of amides is 2. The lowest BCUT2D eigenvalue weighted by atomic mass is 10.1. The SMILES string of the molecule is O=C(NCc1ccc(Cl)cc1)C1CC(O)CN1C(=O)c1ccc2[nH]ncc2c1. The molecule has 7 nitrogen and oxygen atoms in total. The zero-order valence-corrected chi connectivity index (χ0v) is 15.7. The van der Waals surface area contributed by atoms with Gasteiger partial charge in [-0.2, -0.15) is 5.10 Å². The van der Waals surface area contributed by atoms with E-state index in [-0.39, 0.29) is 24.8 Å². The van der Waals surface area contributed by atoms with E-state index < -0.39 is 12.1 Å². The van der Waals surface area contributed by atoms with E-state index in [1.54, 1.807) is 36.5 Å². The smallest absolute Gasteiger partial charge is 0.254 e. The summed E-state index contributed by atoms with van der Waals surface area (Å²) in [6.07, 6.45) is 1.13. The molecule has 1 aliphatic rings. The Morgan fingerprint density at radius 1 is 1.25 bits per heavy atom. The van der Waals surface area contributed by atoms with Crippen LogP contribution >= 0.6 is 11.6 Å². The van der Waals surface area contributed by atoms with Crippen molar-refractivity contribution in [2.24, 2.45) is 0 Å². The van der Waals surface area contributed by atoms with E-state index >= 15 is 0 Å². The molecule has 2 unspecified atom stereocenters. The number of hydrogen-bond acceptors (Lipinski definition) is 4. The minimum absolute atomic E-state index is 0.126. The number of carbonyl (C=O) groups is 2. The van der Waals surface area contributed by atoms with Crippen molar-refractivity contribution in [1.29, 1.82) is 0 Å². The van der Waals surface area contributed by atoms with Crippen LogP contribution in [0.15, 0.2) is 48.7 Å². The van der Waals surface area contributed by atoms with Crippen molar-refractivity contribution in [3.05, 3.63) is 64.8 Å². The van der Waals surface area contributed by atoms with Gasteiger partial charge in [-0.15, -0.1) is 0 Å². The van der Waals surface area contributed by atoms with Crippen molar-refractivity contribution >= 4 is 34.3 Å². The Kier molecular flexibility index (Phi) is 5.02. The molecule has 1 aliphatic heterocycles. The lowest BCUT2D eigenvalue weighted by Crippen LogP contribution is -2.45. The van der Waals surface area contributed by atoms with Crippen LogP contribution in [0.2, 0.25) is 5.02 Å². The van der Waals surface area contributed by atoms with E-state index in [2.05, 4.69) is 15.5 Å². The monoisotopic (exact) mass is 398 g/mol. The Balaban J connectivity index is 1.48. The molecule has 0 aliphatic carbocycles. The molecule has 1 fully saturated rings. The van der Waals surface area contributed by atoms with Gasteiger partial charge in [0, 0.05) is 35.5 Å². The van der Waals surface area contributed by atoms with Crippen LogP contribution < -0.4 is 5.32 Å². The molecule has 0 radical (unpaired) electrons. The van der Waals surface area contributed by atoms with Crippen molar-refractivity contribution in [2.75, 3.05) is 6.54 Å². The fraction of sp³-hybridized carbons (Fsp3) is 0.250. The first-order chi connectivity index (χ1) is 13.5. The average molecular weight is 399 g/mol. The minimum Gasteiger partial charge on any atom is -0.391 e. The summed E-state index contributed by atoms with van der Waals surface area (Å²) in [5, 5.41) is 21.1. The number of fused-ring (bicyclic) bond motifs is 1. The van der Waals surface area contributed by atoms with Crippen LogP contribution in [-0.2, 0) is 11.3 Å². The summed E-state index contributed by atoms with van der Waals surface area (Å²) in [6, 6.07) is 11.6. The average Bonchev–Trinajstić information content (AvgIpc) is 3.32. The highest BCUT2D eigenvalue weighted by Crippen LogP contribution is 2.23. The molecule has 0 saturated carbocycles. The first-order valence-electron chi connectivity index (χ1n) is 8.95. The number of benzene rings is 2.